The summed E-state index contributed by atoms with van der Waals surface area (Å²) < 4.78 is 37.8. The summed E-state index contributed by atoms with van der Waals surface area (Å²) in [5, 5.41) is 1.92. The summed E-state index contributed by atoms with van der Waals surface area (Å²) in [6.07, 6.45) is -4.21. The van der Waals surface area contributed by atoms with E-state index in [1.807, 2.05) is 24.4 Å². The quantitative estimate of drug-likeness (QED) is 0.857. The Kier molecular flexibility index (Phi) is 5.42. The molecule has 0 aliphatic heterocycles. The molecule has 1 unspecified atom stereocenters. The normalized spacial score (nSPS) is 14.2. The summed E-state index contributed by atoms with van der Waals surface area (Å²) in [6.45, 7) is 2.61. The van der Waals surface area contributed by atoms with E-state index < -0.39 is 12.1 Å². The minimum Gasteiger partial charge on any atom is -0.330 e. The molecule has 0 radical (unpaired) electrons. The summed E-state index contributed by atoms with van der Waals surface area (Å²) in [5.74, 6) is -1.44. The maximum atomic E-state index is 12.6. The number of rotatable bonds is 6. The fourth-order valence-corrected chi connectivity index (χ4v) is 2.30. The van der Waals surface area contributed by atoms with Crippen molar-refractivity contribution >= 4 is 11.3 Å². The molecule has 1 atom stereocenters. The fourth-order valence-electron chi connectivity index (χ4n) is 1.55. The van der Waals surface area contributed by atoms with Gasteiger partial charge in [0, 0.05) is 24.5 Å². The van der Waals surface area contributed by atoms with Gasteiger partial charge in [0.1, 0.15) is 0 Å². The number of hydrogen-bond acceptors (Lipinski definition) is 3. The third kappa shape index (κ3) is 4.65. The molecule has 98 valence electrons. The van der Waals surface area contributed by atoms with Gasteiger partial charge in [0.2, 0.25) is 0 Å². The Balaban J connectivity index is 2.56. The summed E-state index contributed by atoms with van der Waals surface area (Å²) in [4.78, 5) is 2.85. The summed E-state index contributed by atoms with van der Waals surface area (Å²) >= 11 is 1.55. The van der Waals surface area contributed by atoms with E-state index in [9.17, 15) is 13.2 Å². The van der Waals surface area contributed by atoms with Crippen molar-refractivity contribution < 1.29 is 13.2 Å². The second kappa shape index (κ2) is 6.37. The van der Waals surface area contributed by atoms with Crippen molar-refractivity contribution in [2.45, 2.75) is 19.6 Å². The van der Waals surface area contributed by atoms with Crippen LogP contribution in [0.25, 0.3) is 0 Å². The smallest absolute Gasteiger partial charge is 0.330 e. The van der Waals surface area contributed by atoms with E-state index in [2.05, 4.69) is 0 Å². The summed E-state index contributed by atoms with van der Waals surface area (Å²) in [7, 11) is 0. The van der Waals surface area contributed by atoms with Crippen molar-refractivity contribution in [3.8, 4) is 0 Å². The molecule has 1 aromatic rings. The standard InChI is InChI=1S/C11H17F3N2S/c1-2-16(8-10-4-3-5-17-10)7-9(6-15)11(12,13)14/h3-5,9H,2,6-8,15H2,1H3. The van der Waals surface area contributed by atoms with Gasteiger partial charge in [0.25, 0.3) is 0 Å². The van der Waals surface area contributed by atoms with Crippen LogP contribution in [0.3, 0.4) is 0 Å². The lowest BCUT2D eigenvalue weighted by molar-refractivity contribution is -0.176. The van der Waals surface area contributed by atoms with E-state index in [1.165, 1.54) is 0 Å². The molecule has 1 aromatic heterocycles. The van der Waals surface area contributed by atoms with Gasteiger partial charge in [0.05, 0.1) is 5.92 Å². The van der Waals surface area contributed by atoms with Crippen LogP contribution in [0.5, 0.6) is 0 Å². The molecule has 6 heteroatoms. The molecule has 0 saturated carbocycles. The van der Waals surface area contributed by atoms with Crippen LogP contribution in [-0.4, -0.2) is 30.7 Å². The first-order chi connectivity index (χ1) is 7.97. The third-order valence-electron chi connectivity index (χ3n) is 2.63. The summed E-state index contributed by atoms with van der Waals surface area (Å²) in [6, 6.07) is 3.83. The Hall–Kier alpha value is -0.590. The zero-order chi connectivity index (χ0) is 12.9. The SMILES string of the molecule is CCN(Cc1cccs1)CC(CN)C(F)(F)F. The van der Waals surface area contributed by atoms with Gasteiger partial charge in [-0.3, -0.25) is 4.90 Å². The minimum atomic E-state index is -4.21. The Labute approximate surface area is 103 Å². The van der Waals surface area contributed by atoms with Crippen LogP contribution in [-0.2, 0) is 6.54 Å². The number of alkyl halides is 3. The van der Waals surface area contributed by atoms with E-state index in [4.69, 9.17) is 5.73 Å². The highest BCUT2D eigenvalue weighted by atomic mass is 32.1. The van der Waals surface area contributed by atoms with E-state index in [1.54, 1.807) is 16.2 Å². The van der Waals surface area contributed by atoms with Gasteiger partial charge in [-0.15, -0.1) is 11.3 Å². The van der Waals surface area contributed by atoms with Gasteiger partial charge in [-0.05, 0) is 18.0 Å². The van der Waals surface area contributed by atoms with E-state index in [0.717, 1.165) is 4.88 Å². The lowest BCUT2D eigenvalue weighted by Crippen LogP contribution is -2.40. The van der Waals surface area contributed by atoms with Gasteiger partial charge in [-0.2, -0.15) is 13.2 Å². The van der Waals surface area contributed by atoms with Gasteiger partial charge in [0.15, 0.2) is 0 Å². The average molecular weight is 266 g/mol. The van der Waals surface area contributed by atoms with Crippen molar-refractivity contribution in [3.05, 3.63) is 22.4 Å². The van der Waals surface area contributed by atoms with Crippen LogP contribution in [0.1, 0.15) is 11.8 Å². The van der Waals surface area contributed by atoms with Crippen LogP contribution >= 0.6 is 11.3 Å². The van der Waals surface area contributed by atoms with Crippen LogP contribution in [0.15, 0.2) is 17.5 Å². The van der Waals surface area contributed by atoms with Crippen LogP contribution in [0.2, 0.25) is 0 Å². The summed E-state index contributed by atoms with van der Waals surface area (Å²) in [5.41, 5.74) is 5.19. The van der Waals surface area contributed by atoms with Gasteiger partial charge >= 0.3 is 6.18 Å². The monoisotopic (exact) mass is 266 g/mol. The molecular formula is C11H17F3N2S. The molecule has 0 aliphatic rings. The highest BCUT2D eigenvalue weighted by Crippen LogP contribution is 2.26. The molecule has 0 spiro atoms. The first kappa shape index (κ1) is 14.5. The van der Waals surface area contributed by atoms with Crippen molar-refractivity contribution in [2.75, 3.05) is 19.6 Å². The molecule has 0 bridgehead atoms. The molecule has 0 aromatic carbocycles. The molecular weight excluding hydrogens is 249 g/mol. The van der Waals surface area contributed by atoms with Crippen molar-refractivity contribution in [1.82, 2.24) is 4.90 Å². The minimum absolute atomic E-state index is 0.0333. The highest BCUT2D eigenvalue weighted by molar-refractivity contribution is 7.09. The molecule has 1 heterocycles. The highest BCUT2D eigenvalue weighted by Gasteiger charge is 2.39. The molecule has 0 fully saturated rings. The first-order valence-electron chi connectivity index (χ1n) is 5.48. The molecule has 0 aliphatic carbocycles. The lowest BCUT2D eigenvalue weighted by atomic mass is 10.1. The van der Waals surface area contributed by atoms with E-state index in [0.29, 0.717) is 13.1 Å². The van der Waals surface area contributed by atoms with E-state index in [-0.39, 0.29) is 13.1 Å². The molecule has 2 N–H and O–H groups in total. The van der Waals surface area contributed by atoms with Crippen molar-refractivity contribution in [2.24, 2.45) is 11.7 Å². The largest absolute Gasteiger partial charge is 0.394 e. The zero-order valence-electron chi connectivity index (χ0n) is 9.70. The fraction of sp³-hybridized carbons (Fsp3) is 0.636. The van der Waals surface area contributed by atoms with Crippen molar-refractivity contribution in [3.63, 3.8) is 0 Å². The third-order valence-corrected chi connectivity index (χ3v) is 3.49. The number of nitrogens with zero attached hydrogens (tertiary/aromatic N) is 1. The maximum Gasteiger partial charge on any atom is 0.394 e. The maximum absolute atomic E-state index is 12.6. The predicted octanol–water partition coefficient (Wildman–Crippen LogP) is 2.71. The lowest BCUT2D eigenvalue weighted by Gasteiger charge is -2.26. The van der Waals surface area contributed by atoms with Crippen LogP contribution in [0, 0.1) is 5.92 Å². The van der Waals surface area contributed by atoms with Gasteiger partial charge < -0.3 is 5.73 Å². The van der Waals surface area contributed by atoms with Gasteiger partial charge in [-0.1, -0.05) is 13.0 Å². The number of halogens is 3. The Bertz CT molecular complexity index is 311. The van der Waals surface area contributed by atoms with Gasteiger partial charge in [-0.25, -0.2) is 0 Å². The molecule has 1 rings (SSSR count). The number of thiophene rings is 1. The number of nitrogens with two attached hydrogens (primary N) is 1. The zero-order valence-corrected chi connectivity index (χ0v) is 10.5. The second-order valence-electron chi connectivity index (χ2n) is 3.88. The topological polar surface area (TPSA) is 29.3 Å². The Morgan fingerprint density at radius 3 is 2.59 bits per heavy atom. The first-order valence-corrected chi connectivity index (χ1v) is 6.36. The predicted molar refractivity (Wildman–Crippen MR) is 63.9 cm³/mol. The molecule has 2 nitrogen and oxygen atoms in total. The average Bonchev–Trinajstić information content (AvgIpc) is 2.74. The number of hydrogen-bond donors (Lipinski definition) is 1. The Morgan fingerprint density at radius 2 is 2.18 bits per heavy atom. The molecule has 0 amide bonds. The molecule has 0 saturated heterocycles. The van der Waals surface area contributed by atoms with Crippen molar-refractivity contribution in [1.29, 1.82) is 0 Å². The van der Waals surface area contributed by atoms with E-state index >= 15 is 0 Å². The van der Waals surface area contributed by atoms with Crippen LogP contribution < -0.4 is 5.73 Å². The molecule has 17 heavy (non-hydrogen) atoms. The van der Waals surface area contributed by atoms with Crippen LogP contribution in [0.4, 0.5) is 13.2 Å². The second-order valence-corrected chi connectivity index (χ2v) is 4.91. The Morgan fingerprint density at radius 1 is 1.47 bits per heavy atom.